The van der Waals surface area contributed by atoms with Crippen LogP contribution in [0.5, 0.6) is 0 Å². The Kier molecular flexibility index (Phi) is 5.50. The first-order valence-corrected chi connectivity index (χ1v) is 7.67. The second kappa shape index (κ2) is 6.51. The van der Waals surface area contributed by atoms with Crippen LogP contribution in [0.1, 0.15) is 13.8 Å². The monoisotopic (exact) mass is 322 g/mol. The van der Waals surface area contributed by atoms with Gasteiger partial charge in [0, 0.05) is 13.1 Å². The first-order valence-electron chi connectivity index (χ1n) is 5.85. The lowest BCUT2D eigenvalue weighted by Gasteiger charge is -2.18. The average Bonchev–Trinajstić information content (AvgIpc) is 2.31. The summed E-state index contributed by atoms with van der Waals surface area (Å²) < 4.78 is 38.3. The second-order valence-electron chi connectivity index (χ2n) is 4.56. The molecular weight excluding hydrogens is 307 g/mol. The molecule has 8 heteroatoms. The van der Waals surface area contributed by atoms with Gasteiger partial charge in [-0.3, -0.25) is 4.79 Å². The summed E-state index contributed by atoms with van der Waals surface area (Å²) in [5.41, 5.74) is 0. The van der Waals surface area contributed by atoms with Gasteiger partial charge in [0.15, 0.2) is 0 Å². The van der Waals surface area contributed by atoms with Crippen molar-refractivity contribution in [3.05, 3.63) is 29.0 Å². The van der Waals surface area contributed by atoms with Crippen LogP contribution in [0, 0.1) is 5.82 Å². The third-order valence-electron chi connectivity index (χ3n) is 2.42. The molecule has 0 aromatic heterocycles. The van der Waals surface area contributed by atoms with Crippen molar-refractivity contribution < 1.29 is 17.6 Å². The summed E-state index contributed by atoms with van der Waals surface area (Å²) in [7, 11) is -2.62. The second-order valence-corrected chi connectivity index (χ2v) is 7.01. The molecule has 0 spiro atoms. The van der Waals surface area contributed by atoms with Crippen LogP contribution in [0.3, 0.4) is 0 Å². The van der Waals surface area contributed by atoms with Crippen LogP contribution in [-0.2, 0) is 14.8 Å². The minimum absolute atomic E-state index is 0.0844. The number of benzene rings is 1. The molecule has 0 unspecified atom stereocenters. The normalized spacial score (nSPS) is 11.9. The largest absolute Gasteiger partial charge is 0.353 e. The van der Waals surface area contributed by atoms with Crippen LogP contribution >= 0.6 is 11.6 Å². The quantitative estimate of drug-likeness (QED) is 0.896. The fraction of sp³-hybridized carbons (Fsp3) is 0.417. The predicted molar refractivity (Wildman–Crippen MR) is 74.5 cm³/mol. The van der Waals surface area contributed by atoms with E-state index in [0.29, 0.717) is 0 Å². The zero-order valence-corrected chi connectivity index (χ0v) is 12.9. The van der Waals surface area contributed by atoms with Crippen LogP contribution in [0.4, 0.5) is 4.39 Å². The van der Waals surface area contributed by atoms with E-state index in [2.05, 4.69) is 5.32 Å². The molecule has 0 saturated carbocycles. The predicted octanol–water partition coefficient (Wildman–Crippen LogP) is 1.62. The summed E-state index contributed by atoms with van der Waals surface area (Å²) in [5, 5.41) is 2.30. The lowest BCUT2D eigenvalue weighted by molar-refractivity contribution is -0.121. The van der Waals surface area contributed by atoms with Crippen LogP contribution in [0.25, 0.3) is 0 Å². The fourth-order valence-corrected chi connectivity index (χ4v) is 2.87. The smallest absolute Gasteiger partial charge is 0.243 e. The molecule has 1 aromatic rings. The standard InChI is InChI=1S/C12H16ClFN2O3S/c1-8(2)15-12(17)7-16(3)20(18,19)9-4-5-11(14)10(13)6-9/h4-6,8H,7H2,1-3H3,(H,15,17). The number of amides is 1. The summed E-state index contributed by atoms with van der Waals surface area (Å²) in [6.45, 7) is 3.22. The highest BCUT2D eigenvalue weighted by Crippen LogP contribution is 2.21. The molecule has 0 saturated heterocycles. The van der Waals surface area contributed by atoms with Crippen LogP contribution in [0.15, 0.2) is 23.1 Å². The van der Waals surface area contributed by atoms with Gasteiger partial charge in [0.2, 0.25) is 15.9 Å². The van der Waals surface area contributed by atoms with Crippen molar-refractivity contribution in [2.24, 2.45) is 0 Å². The van der Waals surface area contributed by atoms with Gasteiger partial charge >= 0.3 is 0 Å². The highest BCUT2D eigenvalue weighted by molar-refractivity contribution is 7.89. The molecule has 0 radical (unpaired) electrons. The van der Waals surface area contributed by atoms with Crippen molar-refractivity contribution in [1.82, 2.24) is 9.62 Å². The summed E-state index contributed by atoms with van der Waals surface area (Å²) in [5.74, 6) is -1.12. The van der Waals surface area contributed by atoms with E-state index in [1.807, 2.05) is 0 Å². The number of nitrogens with zero attached hydrogens (tertiary/aromatic N) is 1. The maximum Gasteiger partial charge on any atom is 0.243 e. The Labute approximate surface area is 122 Å². The van der Waals surface area contributed by atoms with Gasteiger partial charge in [-0.05, 0) is 32.0 Å². The maximum absolute atomic E-state index is 13.0. The van der Waals surface area contributed by atoms with Crippen molar-refractivity contribution in [3.63, 3.8) is 0 Å². The van der Waals surface area contributed by atoms with Crippen molar-refractivity contribution in [1.29, 1.82) is 0 Å². The molecule has 0 aliphatic rings. The molecule has 1 amide bonds. The molecule has 0 aliphatic carbocycles. The van der Waals surface area contributed by atoms with E-state index < -0.39 is 21.7 Å². The van der Waals surface area contributed by atoms with Gasteiger partial charge < -0.3 is 5.32 Å². The lowest BCUT2D eigenvalue weighted by atomic mass is 10.3. The van der Waals surface area contributed by atoms with Crippen molar-refractivity contribution in [2.75, 3.05) is 13.6 Å². The number of carbonyl (C=O) groups is 1. The number of likely N-dealkylation sites (N-methyl/N-ethyl adjacent to an activating group) is 1. The molecule has 1 N–H and O–H groups in total. The third kappa shape index (κ3) is 4.16. The molecule has 0 bridgehead atoms. The van der Waals surface area contributed by atoms with Crippen LogP contribution in [0.2, 0.25) is 5.02 Å². The summed E-state index contributed by atoms with van der Waals surface area (Å²) in [4.78, 5) is 11.4. The minimum atomic E-state index is -3.89. The third-order valence-corrected chi connectivity index (χ3v) is 4.50. The topological polar surface area (TPSA) is 66.5 Å². The Morgan fingerprint density at radius 1 is 1.45 bits per heavy atom. The maximum atomic E-state index is 13.0. The highest BCUT2D eigenvalue weighted by Gasteiger charge is 2.23. The van der Waals surface area contributed by atoms with E-state index in [9.17, 15) is 17.6 Å². The number of carbonyl (C=O) groups excluding carboxylic acids is 1. The Hall–Kier alpha value is -1.18. The van der Waals surface area contributed by atoms with Crippen molar-refractivity contribution in [3.8, 4) is 0 Å². The number of rotatable bonds is 5. The first kappa shape index (κ1) is 16.9. The minimum Gasteiger partial charge on any atom is -0.353 e. The Morgan fingerprint density at radius 3 is 2.55 bits per heavy atom. The van der Waals surface area contributed by atoms with Gasteiger partial charge in [-0.25, -0.2) is 12.8 Å². The van der Waals surface area contributed by atoms with Crippen LogP contribution in [-0.4, -0.2) is 38.3 Å². The van der Waals surface area contributed by atoms with Crippen LogP contribution < -0.4 is 5.32 Å². The molecule has 0 atom stereocenters. The Balaban J connectivity index is 2.92. The Bertz CT molecular complexity index is 605. The summed E-state index contributed by atoms with van der Waals surface area (Å²) in [6.07, 6.45) is 0. The fourth-order valence-electron chi connectivity index (χ4n) is 1.47. The molecule has 112 valence electrons. The number of nitrogens with one attached hydrogen (secondary N) is 1. The molecule has 5 nitrogen and oxygen atoms in total. The van der Waals surface area contributed by atoms with Crippen molar-refractivity contribution >= 4 is 27.5 Å². The van der Waals surface area contributed by atoms with Crippen molar-refractivity contribution in [2.45, 2.75) is 24.8 Å². The van der Waals surface area contributed by atoms with Gasteiger partial charge in [-0.1, -0.05) is 11.6 Å². The van der Waals surface area contributed by atoms with Gasteiger partial charge in [0.1, 0.15) is 5.82 Å². The van der Waals surface area contributed by atoms with E-state index in [0.717, 1.165) is 22.5 Å². The molecule has 20 heavy (non-hydrogen) atoms. The molecule has 1 rings (SSSR count). The van der Waals surface area contributed by atoms with Gasteiger partial charge in [0.25, 0.3) is 0 Å². The summed E-state index contributed by atoms with van der Waals surface area (Å²) >= 11 is 5.56. The molecule has 0 heterocycles. The van der Waals surface area contributed by atoms with Gasteiger partial charge in [-0.15, -0.1) is 0 Å². The molecule has 1 aromatic carbocycles. The van der Waals surface area contributed by atoms with E-state index in [1.165, 1.54) is 7.05 Å². The number of hydrogen-bond donors (Lipinski definition) is 1. The number of sulfonamides is 1. The molecule has 0 aliphatic heterocycles. The van der Waals surface area contributed by atoms with E-state index >= 15 is 0 Å². The lowest BCUT2D eigenvalue weighted by Crippen LogP contribution is -2.40. The SMILES string of the molecule is CC(C)NC(=O)CN(C)S(=O)(=O)c1ccc(F)c(Cl)c1. The zero-order valence-electron chi connectivity index (χ0n) is 11.4. The molecule has 0 fully saturated rings. The van der Waals surface area contributed by atoms with Gasteiger partial charge in [-0.2, -0.15) is 4.31 Å². The van der Waals surface area contributed by atoms with E-state index in [4.69, 9.17) is 11.6 Å². The first-order chi connectivity index (χ1) is 9.14. The van der Waals surface area contributed by atoms with Gasteiger partial charge in [0.05, 0.1) is 16.5 Å². The average molecular weight is 323 g/mol. The van der Waals surface area contributed by atoms with E-state index in [1.54, 1.807) is 13.8 Å². The molecular formula is C12H16ClFN2O3S. The zero-order chi connectivity index (χ0) is 15.5. The summed E-state index contributed by atoms with van der Waals surface area (Å²) in [6, 6.07) is 3.01. The number of halogens is 2. The van der Waals surface area contributed by atoms with E-state index in [-0.39, 0.29) is 22.5 Å². The highest BCUT2D eigenvalue weighted by atomic mass is 35.5. The Morgan fingerprint density at radius 2 is 2.05 bits per heavy atom. The number of hydrogen-bond acceptors (Lipinski definition) is 3.